The van der Waals surface area contributed by atoms with Crippen LogP contribution in [-0.4, -0.2) is 27.6 Å². The molecule has 0 amide bonds. The van der Waals surface area contributed by atoms with Crippen LogP contribution in [0.5, 0.6) is 5.75 Å². The molecule has 0 bridgehead atoms. The number of aromatic carboxylic acids is 1. The van der Waals surface area contributed by atoms with E-state index in [2.05, 4.69) is 4.98 Å². The summed E-state index contributed by atoms with van der Waals surface area (Å²) in [7, 11) is 1.59. The van der Waals surface area contributed by atoms with Gasteiger partial charge < -0.3 is 9.84 Å². The van der Waals surface area contributed by atoms with Crippen LogP contribution in [0.25, 0.3) is 16.9 Å². The summed E-state index contributed by atoms with van der Waals surface area (Å²) in [6.07, 6.45) is 3.35. The Hall–Kier alpha value is -2.82. The quantitative estimate of drug-likeness (QED) is 0.793. The molecule has 1 aromatic carbocycles. The van der Waals surface area contributed by atoms with E-state index in [4.69, 9.17) is 4.74 Å². The first-order chi connectivity index (χ1) is 9.72. The molecular formula is C15H12N2O3. The van der Waals surface area contributed by atoms with Crippen molar-refractivity contribution in [3.8, 4) is 17.1 Å². The third kappa shape index (κ3) is 1.80. The van der Waals surface area contributed by atoms with Crippen molar-refractivity contribution < 1.29 is 14.6 Å². The molecule has 2 heterocycles. The number of carboxylic acid groups (broad SMARTS) is 1. The highest BCUT2D eigenvalue weighted by atomic mass is 16.5. The highest BCUT2D eigenvalue weighted by Gasteiger charge is 2.15. The van der Waals surface area contributed by atoms with Gasteiger partial charge in [-0.15, -0.1) is 0 Å². The summed E-state index contributed by atoms with van der Waals surface area (Å²) in [5, 5.41) is 9.20. The lowest BCUT2D eigenvalue weighted by Gasteiger charge is -2.07. The first-order valence-electron chi connectivity index (χ1n) is 6.05. The number of pyridine rings is 1. The maximum Gasteiger partial charge on any atom is 0.337 e. The summed E-state index contributed by atoms with van der Waals surface area (Å²) in [5.41, 5.74) is 1.60. The molecule has 0 aliphatic heterocycles. The molecule has 0 aliphatic rings. The number of imidazole rings is 1. The maximum absolute atomic E-state index is 11.2. The lowest BCUT2D eigenvalue weighted by molar-refractivity contribution is 0.0698. The van der Waals surface area contributed by atoms with Gasteiger partial charge >= 0.3 is 5.97 Å². The Morgan fingerprint density at radius 1 is 1.25 bits per heavy atom. The van der Waals surface area contributed by atoms with E-state index in [-0.39, 0.29) is 5.56 Å². The number of aromatic nitrogens is 2. The highest BCUT2D eigenvalue weighted by Crippen LogP contribution is 2.29. The molecule has 5 nitrogen and oxygen atoms in total. The van der Waals surface area contributed by atoms with E-state index < -0.39 is 5.97 Å². The van der Waals surface area contributed by atoms with Crippen LogP contribution in [0.4, 0.5) is 0 Å². The standard InChI is InChI=1S/C15H12N2O3/c1-20-13-7-3-2-5-11(13)14-16-9-12-10(15(18)19)6-4-8-17(12)14/h2-9H,1H3,(H,18,19). The number of carboxylic acids is 1. The Bertz CT molecular complexity index is 793. The minimum Gasteiger partial charge on any atom is -0.496 e. The van der Waals surface area contributed by atoms with Gasteiger partial charge in [0.2, 0.25) is 0 Å². The smallest absolute Gasteiger partial charge is 0.337 e. The molecule has 5 heteroatoms. The molecule has 3 rings (SSSR count). The zero-order chi connectivity index (χ0) is 14.1. The maximum atomic E-state index is 11.2. The van der Waals surface area contributed by atoms with Crippen LogP contribution < -0.4 is 4.74 Å². The molecular weight excluding hydrogens is 256 g/mol. The molecule has 2 aromatic heterocycles. The predicted molar refractivity (Wildman–Crippen MR) is 74.1 cm³/mol. The van der Waals surface area contributed by atoms with Crippen LogP contribution in [0.15, 0.2) is 48.8 Å². The summed E-state index contributed by atoms with van der Waals surface area (Å²) < 4.78 is 7.08. The molecule has 1 N–H and O–H groups in total. The first-order valence-corrected chi connectivity index (χ1v) is 6.05. The average molecular weight is 268 g/mol. The Kier molecular flexibility index (Phi) is 2.87. The number of rotatable bonds is 3. The van der Waals surface area contributed by atoms with Crippen molar-refractivity contribution in [2.24, 2.45) is 0 Å². The van der Waals surface area contributed by atoms with Crippen molar-refractivity contribution in [1.29, 1.82) is 0 Å². The second kappa shape index (κ2) is 4.70. The van der Waals surface area contributed by atoms with Crippen LogP contribution in [0.3, 0.4) is 0 Å². The molecule has 100 valence electrons. The van der Waals surface area contributed by atoms with Crippen molar-refractivity contribution in [1.82, 2.24) is 9.38 Å². The molecule has 0 saturated heterocycles. The van der Waals surface area contributed by atoms with Gasteiger partial charge in [0.1, 0.15) is 11.6 Å². The zero-order valence-corrected chi connectivity index (χ0v) is 10.8. The summed E-state index contributed by atoms with van der Waals surface area (Å²) in [5.74, 6) is 0.378. The van der Waals surface area contributed by atoms with E-state index in [1.165, 1.54) is 0 Å². The van der Waals surface area contributed by atoms with Crippen molar-refractivity contribution in [3.63, 3.8) is 0 Å². The van der Waals surface area contributed by atoms with Crippen LogP contribution in [0.1, 0.15) is 10.4 Å². The van der Waals surface area contributed by atoms with Crippen LogP contribution in [-0.2, 0) is 0 Å². The van der Waals surface area contributed by atoms with Gasteiger partial charge in [0.25, 0.3) is 0 Å². The summed E-state index contributed by atoms with van der Waals surface area (Å²) in [4.78, 5) is 15.6. The lowest BCUT2D eigenvalue weighted by Crippen LogP contribution is -2.00. The zero-order valence-electron chi connectivity index (χ0n) is 10.8. The van der Waals surface area contributed by atoms with Crippen molar-refractivity contribution >= 4 is 11.5 Å². The highest BCUT2D eigenvalue weighted by molar-refractivity contribution is 5.95. The van der Waals surface area contributed by atoms with Gasteiger partial charge in [-0.25, -0.2) is 9.78 Å². The Balaban J connectivity index is 2.28. The van der Waals surface area contributed by atoms with Crippen molar-refractivity contribution in [2.75, 3.05) is 7.11 Å². The molecule has 0 unspecified atom stereocenters. The molecule has 0 fully saturated rings. The van der Waals surface area contributed by atoms with E-state index in [1.807, 2.05) is 24.3 Å². The summed E-state index contributed by atoms with van der Waals surface area (Å²) >= 11 is 0. The average Bonchev–Trinajstić information content (AvgIpc) is 2.90. The van der Waals surface area contributed by atoms with Gasteiger partial charge in [-0.2, -0.15) is 0 Å². The van der Waals surface area contributed by atoms with Crippen LogP contribution in [0, 0.1) is 0 Å². The van der Waals surface area contributed by atoms with E-state index >= 15 is 0 Å². The molecule has 0 radical (unpaired) electrons. The van der Waals surface area contributed by atoms with Gasteiger partial charge in [-0.05, 0) is 24.3 Å². The van der Waals surface area contributed by atoms with Gasteiger partial charge in [0.05, 0.1) is 30.0 Å². The number of benzene rings is 1. The number of carbonyl (C=O) groups is 1. The third-order valence-electron chi connectivity index (χ3n) is 3.15. The minimum absolute atomic E-state index is 0.223. The molecule has 0 spiro atoms. The second-order valence-corrected chi connectivity index (χ2v) is 4.26. The molecule has 3 aromatic rings. The van der Waals surface area contributed by atoms with E-state index in [0.29, 0.717) is 17.1 Å². The minimum atomic E-state index is -0.970. The van der Waals surface area contributed by atoms with Crippen molar-refractivity contribution in [2.45, 2.75) is 0 Å². The third-order valence-corrected chi connectivity index (χ3v) is 3.15. The number of hydrogen-bond donors (Lipinski definition) is 1. The van der Waals surface area contributed by atoms with E-state index in [1.54, 1.807) is 36.0 Å². The Labute approximate surface area is 115 Å². The number of hydrogen-bond acceptors (Lipinski definition) is 3. The molecule has 0 atom stereocenters. The molecule has 20 heavy (non-hydrogen) atoms. The van der Waals surface area contributed by atoms with Gasteiger partial charge in [-0.1, -0.05) is 12.1 Å². The fourth-order valence-corrected chi connectivity index (χ4v) is 2.23. The fraction of sp³-hybridized carbons (Fsp3) is 0.0667. The normalized spacial score (nSPS) is 10.7. The summed E-state index contributed by atoms with van der Waals surface area (Å²) in [6, 6.07) is 10.8. The van der Waals surface area contributed by atoms with Gasteiger partial charge in [0, 0.05) is 6.20 Å². The molecule has 0 aliphatic carbocycles. The summed E-state index contributed by atoms with van der Waals surface area (Å²) in [6.45, 7) is 0. The SMILES string of the molecule is COc1ccccc1-c1ncc2c(C(=O)O)cccn12. The first kappa shape index (κ1) is 12.2. The van der Waals surface area contributed by atoms with Gasteiger partial charge in [-0.3, -0.25) is 4.40 Å². The topological polar surface area (TPSA) is 63.8 Å². The number of nitrogens with zero attached hydrogens (tertiary/aromatic N) is 2. The lowest BCUT2D eigenvalue weighted by atomic mass is 10.2. The van der Waals surface area contributed by atoms with Crippen LogP contribution >= 0.6 is 0 Å². The van der Waals surface area contributed by atoms with Gasteiger partial charge in [0.15, 0.2) is 0 Å². The van der Waals surface area contributed by atoms with Crippen LogP contribution in [0.2, 0.25) is 0 Å². The second-order valence-electron chi connectivity index (χ2n) is 4.26. The van der Waals surface area contributed by atoms with E-state index in [9.17, 15) is 9.90 Å². The molecule has 0 saturated carbocycles. The largest absolute Gasteiger partial charge is 0.496 e. The predicted octanol–water partition coefficient (Wildman–Crippen LogP) is 2.71. The Morgan fingerprint density at radius 2 is 2.05 bits per heavy atom. The number of ether oxygens (including phenoxy) is 1. The van der Waals surface area contributed by atoms with E-state index in [0.717, 1.165) is 5.56 Å². The fourth-order valence-electron chi connectivity index (χ4n) is 2.23. The Morgan fingerprint density at radius 3 is 2.80 bits per heavy atom. The van der Waals surface area contributed by atoms with Crippen molar-refractivity contribution in [3.05, 3.63) is 54.4 Å². The number of methoxy groups -OCH3 is 1. The number of fused-ring (bicyclic) bond motifs is 1. The monoisotopic (exact) mass is 268 g/mol. The number of para-hydroxylation sites is 1.